The van der Waals surface area contributed by atoms with Crippen LogP contribution in [0.5, 0.6) is 0 Å². The van der Waals surface area contributed by atoms with Crippen molar-refractivity contribution < 1.29 is 19.1 Å². The van der Waals surface area contributed by atoms with Crippen LogP contribution in [0.3, 0.4) is 0 Å². The first-order chi connectivity index (χ1) is 11.4. The minimum absolute atomic E-state index is 0.202. The highest BCUT2D eigenvalue weighted by atomic mass is 16.5. The fourth-order valence-corrected chi connectivity index (χ4v) is 6.00. The lowest BCUT2D eigenvalue weighted by atomic mass is 9.66. The van der Waals surface area contributed by atoms with Crippen molar-refractivity contribution >= 4 is 17.6 Å². The van der Waals surface area contributed by atoms with Crippen molar-refractivity contribution in [2.24, 2.45) is 23.7 Å². The highest BCUT2D eigenvalue weighted by molar-refractivity contribution is 6.08. The Morgan fingerprint density at radius 1 is 1.17 bits per heavy atom. The lowest BCUT2D eigenvalue weighted by molar-refractivity contribution is -0.130. The van der Waals surface area contributed by atoms with Gasteiger partial charge in [0.2, 0.25) is 11.8 Å². The van der Waals surface area contributed by atoms with E-state index in [4.69, 9.17) is 4.74 Å². The molecule has 126 valence electrons. The van der Waals surface area contributed by atoms with Crippen LogP contribution in [0.1, 0.15) is 40.0 Å². The molecule has 3 heterocycles. The fourth-order valence-electron chi connectivity index (χ4n) is 6.00. The topological polar surface area (TPSA) is 72.5 Å². The molecular formula is C19H21NO4. The summed E-state index contributed by atoms with van der Waals surface area (Å²) in [5.74, 6) is -0.419. The maximum atomic E-state index is 12.5. The van der Waals surface area contributed by atoms with Crippen LogP contribution in [0.25, 0.3) is 0 Å². The highest BCUT2D eigenvalue weighted by Crippen LogP contribution is 2.63. The Morgan fingerprint density at radius 2 is 1.92 bits per heavy atom. The average Bonchev–Trinajstić information content (AvgIpc) is 3.17. The number of nitrogens with one attached hydrogen (secondary N) is 1. The number of ether oxygens (including phenoxy) is 1. The molecule has 0 aromatic carbocycles. The number of carbonyl (C=O) groups is 3. The number of ketones is 1. The molecule has 1 spiro atoms. The maximum Gasteiger partial charge on any atom is 0.233 e. The summed E-state index contributed by atoms with van der Waals surface area (Å²) in [4.78, 5) is 37.2. The predicted octanol–water partition coefficient (Wildman–Crippen LogP) is 1.68. The van der Waals surface area contributed by atoms with Crippen LogP contribution in [0.2, 0.25) is 0 Å². The molecule has 5 aliphatic rings. The third-order valence-corrected chi connectivity index (χ3v) is 7.13. The van der Waals surface area contributed by atoms with Crippen LogP contribution in [-0.2, 0) is 19.1 Å². The molecule has 5 rings (SSSR count). The molecular weight excluding hydrogens is 306 g/mol. The van der Waals surface area contributed by atoms with Gasteiger partial charge >= 0.3 is 0 Å². The molecule has 2 bridgehead atoms. The number of rotatable bonds is 0. The Labute approximate surface area is 140 Å². The van der Waals surface area contributed by atoms with Crippen molar-refractivity contribution in [1.82, 2.24) is 5.32 Å². The Hall–Kier alpha value is -1.75. The normalized spacial score (nSPS) is 46.3. The summed E-state index contributed by atoms with van der Waals surface area (Å²) in [5.41, 5.74) is 3.39. The van der Waals surface area contributed by atoms with Gasteiger partial charge in [-0.2, -0.15) is 0 Å². The number of hydrogen-bond donors (Lipinski definition) is 1. The van der Waals surface area contributed by atoms with E-state index >= 15 is 0 Å². The molecule has 2 aliphatic carbocycles. The number of fused-ring (bicyclic) bond motifs is 5. The molecule has 2 saturated heterocycles. The van der Waals surface area contributed by atoms with Crippen LogP contribution in [0.15, 0.2) is 22.3 Å². The van der Waals surface area contributed by atoms with Crippen molar-refractivity contribution in [3.05, 3.63) is 22.3 Å². The zero-order valence-corrected chi connectivity index (χ0v) is 14.1. The first kappa shape index (κ1) is 14.6. The quantitative estimate of drug-likeness (QED) is 0.687. The van der Waals surface area contributed by atoms with E-state index in [1.807, 2.05) is 13.8 Å². The molecule has 2 amide bonds. The summed E-state index contributed by atoms with van der Waals surface area (Å²) in [6.45, 7) is 6.12. The number of carbonyl (C=O) groups excluding carboxylic acids is 3. The second-order valence-electron chi connectivity index (χ2n) is 8.13. The van der Waals surface area contributed by atoms with Crippen molar-refractivity contribution in [1.29, 1.82) is 0 Å². The average molecular weight is 327 g/mol. The third kappa shape index (κ3) is 1.40. The van der Waals surface area contributed by atoms with Crippen LogP contribution >= 0.6 is 0 Å². The van der Waals surface area contributed by atoms with Crippen molar-refractivity contribution in [3.63, 3.8) is 0 Å². The summed E-state index contributed by atoms with van der Waals surface area (Å²) < 4.78 is 6.40. The van der Waals surface area contributed by atoms with Gasteiger partial charge in [0.1, 0.15) is 5.60 Å². The van der Waals surface area contributed by atoms with Gasteiger partial charge in [-0.3, -0.25) is 19.7 Å². The van der Waals surface area contributed by atoms with E-state index < -0.39 is 17.4 Å². The second-order valence-corrected chi connectivity index (χ2v) is 8.13. The van der Waals surface area contributed by atoms with Gasteiger partial charge in [-0.1, -0.05) is 6.92 Å². The lowest BCUT2D eigenvalue weighted by Gasteiger charge is -2.34. The van der Waals surface area contributed by atoms with Gasteiger partial charge in [0.05, 0.1) is 17.9 Å². The summed E-state index contributed by atoms with van der Waals surface area (Å²) in [6, 6.07) is 0. The maximum absolute atomic E-state index is 12.5. The van der Waals surface area contributed by atoms with E-state index in [9.17, 15) is 14.4 Å². The lowest BCUT2D eigenvalue weighted by Crippen LogP contribution is -2.43. The Bertz CT molecular complexity index is 791. The SMILES string of the molecule is CC1=C2C3=C(C)[C@H]4O[C@]3(CC[C@H](C)[C@H]2CC1=O)[C@@H]1C(=O)NC(=O)[C@H]41. The largest absolute Gasteiger partial charge is 0.361 e. The summed E-state index contributed by atoms with van der Waals surface area (Å²) in [6.07, 6.45) is 1.91. The van der Waals surface area contributed by atoms with Gasteiger partial charge < -0.3 is 4.74 Å². The standard InChI is InChI=1S/C19H21NO4/c1-7-4-5-19-14(12-8(2)11(21)6-10(7)12)9(3)16(24-19)13-15(19)18(23)20-17(13)22/h7,10,13,15-16H,4-6H2,1-3H3,(H,20,22,23)/t7-,10+,13-,15-,16+,19-/m0/s1. The second kappa shape index (κ2) is 4.26. The summed E-state index contributed by atoms with van der Waals surface area (Å²) in [7, 11) is 0. The van der Waals surface area contributed by atoms with Crippen molar-refractivity contribution in [2.45, 2.75) is 51.7 Å². The van der Waals surface area contributed by atoms with Crippen LogP contribution in [0.4, 0.5) is 0 Å². The molecule has 5 heteroatoms. The van der Waals surface area contributed by atoms with Crippen molar-refractivity contribution in [3.8, 4) is 0 Å². The molecule has 3 fully saturated rings. The van der Waals surface area contributed by atoms with Crippen LogP contribution in [-0.4, -0.2) is 29.3 Å². The van der Waals surface area contributed by atoms with E-state index in [2.05, 4.69) is 12.2 Å². The van der Waals surface area contributed by atoms with E-state index in [-0.39, 0.29) is 29.6 Å². The summed E-state index contributed by atoms with van der Waals surface area (Å²) >= 11 is 0. The van der Waals surface area contributed by atoms with Gasteiger partial charge in [-0.25, -0.2) is 0 Å². The first-order valence-corrected chi connectivity index (χ1v) is 8.85. The van der Waals surface area contributed by atoms with Gasteiger partial charge in [-0.05, 0) is 60.8 Å². The molecule has 0 aromatic rings. The van der Waals surface area contributed by atoms with E-state index in [1.165, 1.54) is 0 Å². The molecule has 6 atom stereocenters. The first-order valence-electron chi connectivity index (χ1n) is 8.85. The van der Waals surface area contributed by atoms with Crippen LogP contribution < -0.4 is 5.32 Å². The minimum Gasteiger partial charge on any atom is -0.361 e. The summed E-state index contributed by atoms with van der Waals surface area (Å²) in [5, 5.41) is 2.51. The zero-order valence-electron chi connectivity index (χ0n) is 14.1. The third-order valence-electron chi connectivity index (χ3n) is 7.13. The van der Waals surface area contributed by atoms with Crippen molar-refractivity contribution in [2.75, 3.05) is 0 Å². The smallest absolute Gasteiger partial charge is 0.233 e. The van der Waals surface area contributed by atoms with E-state index in [0.717, 1.165) is 35.1 Å². The molecule has 5 nitrogen and oxygen atoms in total. The molecule has 0 unspecified atom stereocenters. The highest BCUT2D eigenvalue weighted by Gasteiger charge is 2.71. The number of hydrogen-bond acceptors (Lipinski definition) is 4. The molecule has 0 aromatic heterocycles. The fraction of sp³-hybridized carbons (Fsp3) is 0.632. The molecule has 1 saturated carbocycles. The Balaban J connectivity index is 1.78. The van der Waals surface area contributed by atoms with Gasteiger partial charge in [0.15, 0.2) is 5.78 Å². The molecule has 24 heavy (non-hydrogen) atoms. The Morgan fingerprint density at radius 3 is 2.67 bits per heavy atom. The molecule has 3 aliphatic heterocycles. The van der Waals surface area contributed by atoms with E-state index in [1.54, 1.807) is 0 Å². The van der Waals surface area contributed by atoms with Gasteiger partial charge in [0.25, 0.3) is 0 Å². The van der Waals surface area contributed by atoms with E-state index in [0.29, 0.717) is 12.3 Å². The number of imide groups is 1. The zero-order chi connectivity index (χ0) is 17.0. The predicted molar refractivity (Wildman–Crippen MR) is 84.6 cm³/mol. The monoisotopic (exact) mass is 327 g/mol. The minimum atomic E-state index is -0.708. The number of Topliss-reactive ketones (excluding diaryl/α,β-unsaturated/α-hetero) is 1. The number of amides is 2. The molecule has 1 N–H and O–H groups in total. The van der Waals surface area contributed by atoms with Gasteiger partial charge in [-0.15, -0.1) is 0 Å². The Kier molecular flexibility index (Phi) is 2.59. The molecule has 0 radical (unpaired) electrons. The number of allylic oxidation sites excluding steroid dienone is 1. The van der Waals surface area contributed by atoms with Gasteiger partial charge in [0, 0.05) is 6.42 Å². The van der Waals surface area contributed by atoms with Crippen LogP contribution in [0, 0.1) is 23.7 Å².